The van der Waals surface area contributed by atoms with Crippen molar-refractivity contribution in [3.63, 3.8) is 0 Å². The molecular weight excluding hydrogens is 224 g/mol. The molecule has 0 saturated carbocycles. The molecule has 0 aliphatic rings. The maximum Gasteiger partial charge on any atom is 0.249 e. The van der Waals surface area contributed by atoms with E-state index in [0.717, 1.165) is 11.1 Å². The van der Waals surface area contributed by atoms with Crippen molar-refractivity contribution in [2.75, 3.05) is 5.73 Å². The number of carbonyl (C=O) groups is 1. The first-order valence-electron chi connectivity index (χ1n) is 5.59. The van der Waals surface area contributed by atoms with Gasteiger partial charge in [-0.1, -0.05) is 42.5 Å². The molecule has 2 aromatic carbocycles. The Morgan fingerprint density at radius 1 is 1.00 bits per heavy atom. The van der Waals surface area contributed by atoms with Crippen LogP contribution in [0, 0.1) is 0 Å². The van der Waals surface area contributed by atoms with Crippen molar-refractivity contribution in [3.8, 4) is 0 Å². The number of hydrogen-bond donors (Lipinski definition) is 2. The molecule has 2 aromatic rings. The molecule has 0 radical (unpaired) electrons. The zero-order valence-corrected chi connectivity index (χ0v) is 9.84. The molecule has 18 heavy (non-hydrogen) atoms. The molecule has 90 valence electrons. The van der Waals surface area contributed by atoms with Crippen LogP contribution in [-0.2, 0) is 0 Å². The second kappa shape index (κ2) is 5.19. The number of primary amides is 1. The first-order valence-corrected chi connectivity index (χ1v) is 5.59. The van der Waals surface area contributed by atoms with Crippen molar-refractivity contribution in [3.05, 3.63) is 65.2 Å². The molecule has 0 spiro atoms. The predicted molar refractivity (Wildman–Crippen MR) is 74.7 cm³/mol. The largest absolute Gasteiger partial charge is 0.399 e. The Morgan fingerprint density at radius 2 is 1.78 bits per heavy atom. The predicted octanol–water partition coefficient (Wildman–Crippen LogP) is 2.54. The lowest BCUT2D eigenvalue weighted by Gasteiger charge is -2.01. The number of nitrogen functional groups attached to an aromatic ring is 1. The van der Waals surface area contributed by atoms with E-state index < -0.39 is 5.91 Å². The van der Waals surface area contributed by atoms with Gasteiger partial charge in [-0.3, -0.25) is 4.79 Å². The van der Waals surface area contributed by atoms with Gasteiger partial charge in [0.1, 0.15) is 0 Å². The highest BCUT2D eigenvalue weighted by molar-refractivity contribution is 5.97. The summed E-state index contributed by atoms with van der Waals surface area (Å²) in [5, 5.41) is 0. The van der Waals surface area contributed by atoms with Crippen LogP contribution >= 0.6 is 0 Å². The minimum Gasteiger partial charge on any atom is -0.399 e. The van der Waals surface area contributed by atoms with Crippen LogP contribution < -0.4 is 11.5 Å². The number of anilines is 1. The van der Waals surface area contributed by atoms with Gasteiger partial charge in [0.25, 0.3) is 0 Å². The lowest BCUT2D eigenvalue weighted by molar-refractivity contribution is 0.1000. The van der Waals surface area contributed by atoms with Gasteiger partial charge in [-0.05, 0) is 29.3 Å². The molecule has 0 aliphatic heterocycles. The number of carbonyl (C=O) groups excluding carboxylic acids is 1. The Morgan fingerprint density at radius 3 is 2.50 bits per heavy atom. The minimum atomic E-state index is -0.428. The molecule has 0 atom stereocenters. The standard InChI is InChI=1S/C15H14N2O/c16-13-6-3-4-11(10-13)8-9-12-5-1-2-7-14(12)15(17)18/h1-10H,16H2,(H2,17,18). The highest BCUT2D eigenvalue weighted by Crippen LogP contribution is 2.14. The second-order valence-electron chi connectivity index (χ2n) is 3.95. The summed E-state index contributed by atoms with van der Waals surface area (Å²) in [6, 6.07) is 14.7. The fourth-order valence-corrected chi connectivity index (χ4v) is 1.72. The van der Waals surface area contributed by atoms with Gasteiger partial charge in [0.2, 0.25) is 5.91 Å². The van der Waals surface area contributed by atoms with Gasteiger partial charge < -0.3 is 11.5 Å². The Balaban J connectivity index is 2.32. The summed E-state index contributed by atoms with van der Waals surface area (Å²) in [5.41, 5.74) is 14.0. The second-order valence-corrected chi connectivity index (χ2v) is 3.95. The fourth-order valence-electron chi connectivity index (χ4n) is 1.72. The average Bonchev–Trinajstić information content (AvgIpc) is 2.37. The Bertz CT molecular complexity index is 603. The highest BCUT2D eigenvalue weighted by Gasteiger charge is 2.03. The average molecular weight is 238 g/mol. The van der Waals surface area contributed by atoms with Crippen molar-refractivity contribution < 1.29 is 4.79 Å². The molecule has 0 bridgehead atoms. The zero-order valence-electron chi connectivity index (χ0n) is 9.84. The van der Waals surface area contributed by atoms with Crippen LogP contribution in [-0.4, -0.2) is 5.91 Å². The van der Waals surface area contributed by atoms with Gasteiger partial charge in [-0.2, -0.15) is 0 Å². The summed E-state index contributed by atoms with van der Waals surface area (Å²) < 4.78 is 0. The summed E-state index contributed by atoms with van der Waals surface area (Å²) in [4.78, 5) is 11.3. The van der Waals surface area contributed by atoms with Crippen LogP contribution in [0.3, 0.4) is 0 Å². The summed E-state index contributed by atoms with van der Waals surface area (Å²) >= 11 is 0. The van der Waals surface area contributed by atoms with Crippen LogP contribution in [0.2, 0.25) is 0 Å². The molecule has 0 saturated heterocycles. The quantitative estimate of drug-likeness (QED) is 0.637. The topological polar surface area (TPSA) is 69.1 Å². The van der Waals surface area contributed by atoms with Crippen LogP contribution in [0.15, 0.2) is 48.5 Å². The van der Waals surface area contributed by atoms with E-state index in [1.165, 1.54) is 0 Å². The van der Waals surface area contributed by atoms with Gasteiger partial charge in [-0.15, -0.1) is 0 Å². The van der Waals surface area contributed by atoms with Gasteiger partial charge in [0.05, 0.1) is 0 Å². The molecule has 0 aromatic heterocycles. The maximum absolute atomic E-state index is 11.3. The van der Waals surface area contributed by atoms with Crippen molar-refractivity contribution in [2.24, 2.45) is 5.73 Å². The number of rotatable bonds is 3. The lowest BCUT2D eigenvalue weighted by Crippen LogP contribution is -2.12. The van der Waals surface area contributed by atoms with Crippen molar-refractivity contribution in [2.45, 2.75) is 0 Å². The molecule has 3 heteroatoms. The van der Waals surface area contributed by atoms with Crippen molar-refractivity contribution in [1.29, 1.82) is 0 Å². The van der Waals surface area contributed by atoms with Crippen LogP contribution in [0.1, 0.15) is 21.5 Å². The third kappa shape index (κ3) is 2.77. The van der Waals surface area contributed by atoms with Crippen LogP contribution in [0.5, 0.6) is 0 Å². The van der Waals surface area contributed by atoms with E-state index in [9.17, 15) is 4.79 Å². The van der Waals surface area contributed by atoms with E-state index in [1.54, 1.807) is 12.1 Å². The van der Waals surface area contributed by atoms with Crippen LogP contribution in [0.4, 0.5) is 5.69 Å². The first-order chi connectivity index (χ1) is 8.66. The van der Waals surface area contributed by atoms with E-state index in [-0.39, 0.29) is 0 Å². The molecule has 3 nitrogen and oxygen atoms in total. The van der Waals surface area contributed by atoms with E-state index in [1.807, 2.05) is 48.6 Å². The fraction of sp³-hybridized carbons (Fsp3) is 0. The van der Waals surface area contributed by atoms with E-state index in [2.05, 4.69) is 0 Å². The number of nitrogens with two attached hydrogens (primary N) is 2. The number of benzene rings is 2. The smallest absolute Gasteiger partial charge is 0.249 e. The van der Waals surface area contributed by atoms with Crippen LogP contribution in [0.25, 0.3) is 12.2 Å². The lowest BCUT2D eigenvalue weighted by atomic mass is 10.1. The van der Waals surface area contributed by atoms with Gasteiger partial charge in [-0.25, -0.2) is 0 Å². The van der Waals surface area contributed by atoms with E-state index >= 15 is 0 Å². The van der Waals surface area contributed by atoms with Gasteiger partial charge in [0.15, 0.2) is 0 Å². The molecule has 0 aliphatic carbocycles. The van der Waals surface area contributed by atoms with Gasteiger partial charge in [0, 0.05) is 11.3 Å². The Labute approximate surface area is 106 Å². The number of amides is 1. The van der Waals surface area contributed by atoms with E-state index in [4.69, 9.17) is 11.5 Å². The molecule has 1 amide bonds. The first kappa shape index (κ1) is 11.9. The van der Waals surface area contributed by atoms with Crippen molar-refractivity contribution >= 4 is 23.7 Å². The third-order valence-electron chi connectivity index (χ3n) is 2.59. The molecule has 2 rings (SSSR count). The zero-order chi connectivity index (χ0) is 13.0. The molecule has 4 N–H and O–H groups in total. The maximum atomic E-state index is 11.3. The third-order valence-corrected chi connectivity index (χ3v) is 2.59. The molecule has 0 heterocycles. The van der Waals surface area contributed by atoms with Gasteiger partial charge >= 0.3 is 0 Å². The summed E-state index contributed by atoms with van der Waals surface area (Å²) in [5.74, 6) is -0.428. The monoisotopic (exact) mass is 238 g/mol. The Kier molecular flexibility index (Phi) is 3.44. The molecule has 0 fully saturated rings. The normalized spacial score (nSPS) is 10.7. The van der Waals surface area contributed by atoms with Crippen molar-refractivity contribution in [1.82, 2.24) is 0 Å². The number of hydrogen-bond acceptors (Lipinski definition) is 2. The Hall–Kier alpha value is -2.55. The highest BCUT2D eigenvalue weighted by atomic mass is 16.1. The molecular formula is C15H14N2O. The molecule has 0 unspecified atom stereocenters. The SMILES string of the molecule is NC(=O)c1ccccc1C=Cc1cccc(N)c1. The summed E-state index contributed by atoms with van der Waals surface area (Å²) in [7, 11) is 0. The summed E-state index contributed by atoms with van der Waals surface area (Å²) in [6.07, 6.45) is 3.76. The van der Waals surface area contributed by atoms with E-state index in [0.29, 0.717) is 11.3 Å². The minimum absolute atomic E-state index is 0.428. The summed E-state index contributed by atoms with van der Waals surface area (Å²) in [6.45, 7) is 0.